The molecule has 31 heavy (non-hydrogen) atoms. The Morgan fingerprint density at radius 2 is 1.39 bits per heavy atom. The molecule has 1 aliphatic heterocycles. The zero-order valence-corrected chi connectivity index (χ0v) is 18.9. The second kappa shape index (κ2) is 11.1. The van der Waals surface area contributed by atoms with E-state index in [4.69, 9.17) is 28.4 Å². The zero-order chi connectivity index (χ0) is 23.1. The zero-order valence-electron chi connectivity index (χ0n) is 17.4. The molecule has 0 saturated carbocycles. The van der Waals surface area contributed by atoms with E-state index < -0.39 is 54.6 Å². The Hall–Kier alpha value is -2.66. The fraction of sp³-hybridized carbons (Fsp3) is 0.500. The first kappa shape index (κ1) is 24.6. The molecule has 1 saturated heterocycles. The van der Waals surface area contributed by atoms with Crippen molar-refractivity contribution in [3.63, 3.8) is 0 Å². The van der Waals surface area contributed by atoms with Crippen molar-refractivity contribution in [3.05, 3.63) is 28.7 Å². The van der Waals surface area contributed by atoms with Crippen LogP contribution >= 0.6 is 15.9 Å². The van der Waals surface area contributed by atoms with E-state index in [2.05, 4.69) is 15.9 Å². The van der Waals surface area contributed by atoms with E-state index in [0.29, 0.717) is 10.2 Å². The van der Waals surface area contributed by atoms with Crippen LogP contribution in [0.2, 0.25) is 0 Å². The highest BCUT2D eigenvalue weighted by atomic mass is 79.9. The number of benzene rings is 1. The quantitative estimate of drug-likeness (QED) is 0.403. The van der Waals surface area contributed by atoms with Crippen LogP contribution in [-0.4, -0.2) is 61.2 Å². The number of halogens is 1. The minimum atomic E-state index is -1.29. The van der Waals surface area contributed by atoms with Gasteiger partial charge in [0, 0.05) is 27.7 Å². The van der Waals surface area contributed by atoms with E-state index in [9.17, 15) is 19.2 Å². The first-order chi connectivity index (χ1) is 14.6. The average Bonchev–Trinajstić information content (AvgIpc) is 2.65. The summed E-state index contributed by atoms with van der Waals surface area (Å²) in [6.07, 6.45) is -6.15. The summed E-state index contributed by atoms with van der Waals surface area (Å²) >= 11 is 3.35. The van der Waals surface area contributed by atoms with Crippen LogP contribution in [0.3, 0.4) is 0 Å². The molecule has 1 aromatic carbocycles. The lowest BCUT2D eigenvalue weighted by atomic mass is 9.98. The molecular weight excluding hydrogens is 480 g/mol. The van der Waals surface area contributed by atoms with E-state index in [-0.39, 0.29) is 6.61 Å². The van der Waals surface area contributed by atoms with Gasteiger partial charge in [0.25, 0.3) is 0 Å². The molecule has 1 heterocycles. The monoisotopic (exact) mass is 502 g/mol. The molecule has 0 unspecified atom stereocenters. The number of ether oxygens (including phenoxy) is 6. The van der Waals surface area contributed by atoms with E-state index in [1.165, 1.54) is 6.92 Å². The second-order valence-electron chi connectivity index (χ2n) is 6.62. The predicted molar refractivity (Wildman–Crippen MR) is 107 cm³/mol. The van der Waals surface area contributed by atoms with Gasteiger partial charge in [0.15, 0.2) is 12.2 Å². The van der Waals surface area contributed by atoms with Gasteiger partial charge < -0.3 is 28.4 Å². The molecule has 0 bridgehead atoms. The minimum Gasteiger partial charge on any atom is -0.463 e. The molecule has 10 nitrogen and oxygen atoms in total. The Balaban J connectivity index is 2.46. The van der Waals surface area contributed by atoms with Crippen molar-refractivity contribution in [2.45, 2.75) is 58.4 Å². The summed E-state index contributed by atoms with van der Waals surface area (Å²) in [6.45, 7) is 4.33. The normalized spacial score (nSPS) is 25.1. The summed E-state index contributed by atoms with van der Waals surface area (Å²) in [5, 5.41) is 0. The van der Waals surface area contributed by atoms with Crippen LogP contribution in [0.4, 0.5) is 0 Å². The summed E-state index contributed by atoms with van der Waals surface area (Å²) in [6, 6.07) is 6.84. The SMILES string of the molecule is CC(=O)OC[C@H]1O[C@@H](Oc2ccccc2Br)[C@H](OC(C)=O)[C@@H](OC(C)=O)[C@@H]1OC(C)=O. The Morgan fingerprint density at radius 3 is 1.94 bits per heavy atom. The molecule has 1 fully saturated rings. The first-order valence-electron chi connectivity index (χ1n) is 9.30. The lowest BCUT2D eigenvalue weighted by molar-refractivity contribution is -0.288. The molecule has 5 atom stereocenters. The van der Waals surface area contributed by atoms with Gasteiger partial charge in [-0.05, 0) is 28.1 Å². The van der Waals surface area contributed by atoms with Gasteiger partial charge in [-0.3, -0.25) is 19.2 Å². The molecule has 11 heteroatoms. The van der Waals surface area contributed by atoms with Crippen LogP contribution in [-0.2, 0) is 42.9 Å². The summed E-state index contributed by atoms with van der Waals surface area (Å²) < 4.78 is 33.3. The molecule has 1 aromatic rings. The van der Waals surface area contributed by atoms with E-state index in [0.717, 1.165) is 20.8 Å². The third-order valence-electron chi connectivity index (χ3n) is 4.03. The third kappa shape index (κ3) is 7.21. The van der Waals surface area contributed by atoms with Crippen molar-refractivity contribution in [3.8, 4) is 5.75 Å². The highest BCUT2D eigenvalue weighted by molar-refractivity contribution is 9.10. The van der Waals surface area contributed by atoms with E-state index in [1.54, 1.807) is 24.3 Å². The van der Waals surface area contributed by atoms with Gasteiger partial charge in [-0.1, -0.05) is 12.1 Å². The maximum absolute atomic E-state index is 11.8. The van der Waals surface area contributed by atoms with E-state index in [1.807, 2.05) is 0 Å². The number of rotatable bonds is 7. The molecule has 0 amide bonds. The molecule has 2 rings (SSSR count). The number of hydrogen-bond acceptors (Lipinski definition) is 10. The lowest BCUT2D eigenvalue weighted by Crippen LogP contribution is -2.63. The molecule has 0 aliphatic carbocycles. The number of hydrogen-bond donors (Lipinski definition) is 0. The largest absolute Gasteiger partial charge is 0.463 e. The van der Waals surface area contributed by atoms with Crippen LogP contribution in [0.5, 0.6) is 5.75 Å². The van der Waals surface area contributed by atoms with Crippen LogP contribution in [0.15, 0.2) is 28.7 Å². The molecule has 0 spiro atoms. The van der Waals surface area contributed by atoms with Gasteiger partial charge in [0.05, 0.1) is 4.47 Å². The van der Waals surface area contributed by atoms with Crippen molar-refractivity contribution in [2.24, 2.45) is 0 Å². The summed E-state index contributed by atoms with van der Waals surface area (Å²) in [4.78, 5) is 46.6. The molecule has 0 aromatic heterocycles. The van der Waals surface area contributed by atoms with Crippen LogP contribution < -0.4 is 4.74 Å². The highest BCUT2D eigenvalue weighted by Gasteiger charge is 2.53. The summed E-state index contributed by atoms with van der Waals surface area (Å²) in [5.41, 5.74) is 0. The standard InChI is InChI=1S/C20H23BrO10/c1-10(22)26-9-16-17(27-11(2)23)18(28-12(3)24)19(29-13(4)25)20(31-16)30-15-8-6-5-7-14(15)21/h5-8,16-20H,9H2,1-4H3/t16-,17-,18+,19-,20-/m1/s1. The number of carbonyl (C=O) groups excluding carboxylic acids is 4. The molecule has 0 N–H and O–H groups in total. The third-order valence-corrected chi connectivity index (χ3v) is 4.68. The van der Waals surface area contributed by atoms with Crippen LogP contribution in [0, 0.1) is 0 Å². The molecular formula is C20H23BrO10. The van der Waals surface area contributed by atoms with Gasteiger partial charge in [-0.15, -0.1) is 0 Å². The van der Waals surface area contributed by atoms with Gasteiger partial charge in [0.2, 0.25) is 12.4 Å². The second-order valence-corrected chi connectivity index (χ2v) is 7.47. The van der Waals surface area contributed by atoms with Gasteiger partial charge >= 0.3 is 23.9 Å². The Morgan fingerprint density at radius 1 is 0.839 bits per heavy atom. The topological polar surface area (TPSA) is 124 Å². The van der Waals surface area contributed by atoms with Crippen molar-refractivity contribution in [1.82, 2.24) is 0 Å². The molecule has 0 radical (unpaired) electrons. The Labute approximate surface area is 187 Å². The number of carbonyl (C=O) groups is 4. The predicted octanol–water partition coefficient (Wildman–Crippen LogP) is 1.91. The molecule has 170 valence electrons. The highest BCUT2D eigenvalue weighted by Crippen LogP contribution is 2.33. The maximum Gasteiger partial charge on any atom is 0.303 e. The maximum atomic E-state index is 11.8. The van der Waals surface area contributed by atoms with E-state index >= 15 is 0 Å². The van der Waals surface area contributed by atoms with Gasteiger partial charge in [-0.25, -0.2) is 0 Å². The smallest absolute Gasteiger partial charge is 0.303 e. The number of esters is 4. The van der Waals surface area contributed by atoms with Crippen molar-refractivity contribution < 1.29 is 47.6 Å². The van der Waals surface area contributed by atoms with Gasteiger partial charge in [-0.2, -0.15) is 0 Å². The Bertz CT molecular complexity index is 826. The first-order valence-corrected chi connectivity index (χ1v) is 10.1. The number of para-hydroxylation sites is 1. The van der Waals surface area contributed by atoms with Crippen LogP contribution in [0.25, 0.3) is 0 Å². The summed E-state index contributed by atoms with van der Waals surface area (Å²) in [7, 11) is 0. The van der Waals surface area contributed by atoms with Crippen molar-refractivity contribution in [2.75, 3.05) is 6.61 Å². The Kier molecular flexibility index (Phi) is 8.81. The molecule has 1 aliphatic rings. The fourth-order valence-corrected chi connectivity index (χ4v) is 3.33. The fourth-order valence-electron chi connectivity index (χ4n) is 2.95. The van der Waals surface area contributed by atoms with Crippen molar-refractivity contribution in [1.29, 1.82) is 0 Å². The minimum absolute atomic E-state index is 0.326. The van der Waals surface area contributed by atoms with Crippen LogP contribution in [0.1, 0.15) is 27.7 Å². The van der Waals surface area contributed by atoms with Crippen molar-refractivity contribution >= 4 is 39.8 Å². The van der Waals surface area contributed by atoms with Gasteiger partial charge in [0.1, 0.15) is 18.5 Å². The lowest BCUT2D eigenvalue weighted by Gasteiger charge is -2.44. The average molecular weight is 503 g/mol. The summed E-state index contributed by atoms with van der Waals surface area (Å²) in [5.74, 6) is -2.37.